The Bertz CT molecular complexity index is 713. The summed E-state index contributed by atoms with van der Waals surface area (Å²) in [5, 5.41) is 9.14. The fraction of sp³-hybridized carbons (Fsp3) is 0.429. The Morgan fingerprint density at radius 3 is 2.75 bits per heavy atom. The summed E-state index contributed by atoms with van der Waals surface area (Å²) in [5.74, 6) is -0.748. The van der Waals surface area contributed by atoms with Crippen LogP contribution < -0.4 is 11.1 Å². The number of hydrogen-bond acceptors (Lipinski definition) is 7. The third-order valence-electron chi connectivity index (χ3n) is 3.15. The quantitative estimate of drug-likeness (QED) is 0.746. The van der Waals surface area contributed by atoms with Gasteiger partial charge in [0.05, 0.1) is 18.5 Å². The van der Waals surface area contributed by atoms with Crippen molar-refractivity contribution in [1.29, 1.82) is 0 Å². The summed E-state index contributed by atoms with van der Waals surface area (Å²) in [6.07, 6.45) is 3.04. The maximum absolute atomic E-state index is 12.1. The van der Waals surface area contributed by atoms with Crippen LogP contribution in [0.2, 0.25) is 0 Å². The number of carbonyl (C=O) groups excluding carboxylic acids is 2. The van der Waals surface area contributed by atoms with Gasteiger partial charge in [-0.3, -0.25) is 9.48 Å². The Labute approximate surface area is 149 Å². The number of nitrogens with one attached hydrogen (secondary N) is 1. The van der Waals surface area contributed by atoms with Gasteiger partial charge in [-0.2, -0.15) is 5.10 Å². The first-order chi connectivity index (χ1) is 10.9. The number of hydrogen-bond donors (Lipinski definition) is 2. The Kier molecular flexibility index (Phi) is 6.88. The molecular weight excluding hydrogens is 354 g/mol. The fourth-order valence-electron chi connectivity index (χ4n) is 1.80. The van der Waals surface area contributed by atoms with Crippen molar-refractivity contribution in [2.24, 2.45) is 5.73 Å². The van der Waals surface area contributed by atoms with Crippen molar-refractivity contribution < 1.29 is 14.3 Å². The molecule has 0 unspecified atom stereocenters. The van der Waals surface area contributed by atoms with Crippen LogP contribution in [0.15, 0.2) is 17.8 Å². The van der Waals surface area contributed by atoms with Crippen molar-refractivity contribution in [1.82, 2.24) is 14.8 Å². The number of amides is 1. The maximum atomic E-state index is 12.1. The van der Waals surface area contributed by atoms with E-state index in [2.05, 4.69) is 15.4 Å². The molecule has 0 saturated carbocycles. The molecule has 0 spiro atoms. The van der Waals surface area contributed by atoms with Crippen molar-refractivity contribution in [3.05, 3.63) is 28.5 Å². The molecule has 0 radical (unpaired) electrons. The van der Waals surface area contributed by atoms with E-state index in [4.69, 9.17) is 10.5 Å². The minimum absolute atomic E-state index is 0. The lowest BCUT2D eigenvalue weighted by Gasteiger charge is -2.22. The Balaban J connectivity index is 0.00000288. The van der Waals surface area contributed by atoms with Gasteiger partial charge in [0.15, 0.2) is 5.54 Å². The molecular formula is C14H20ClN5O3S. The van der Waals surface area contributed by atoms with Gasteiger partial charge in [-0.25, -0.2) is 9.78 Å². The molecule has 0 aliphatic rings. The zero-order valence-corrected chi connectivity index (χ0v) is 15.2. The zero-order chi connectivity index (χ0) is 17.0. The molecule has 0 bridgehead atoms. The van der Waals surface area contributed by atoms with Crippen LogP contribution in [0.25, 0.3) is 0 Å². The van der Waals surface area contributed by atoms with Crippen LogP contribution in [0.4, 0.5) is 5.69 Å². The first-order valence-corrected chi connectivity index (χ1v) is 7.94. The third kappa shape index (κ3) is 4.31. The van der Waals surface area contributed by atoms with E-state index in [1.54, 1.807) is 32.3 Å². The van der Waals surface area contributed by atoms with Gasteiger partial charge in [0.25, 0.3) is 5.91 Å². The second-order valence-electron chi connectivity index (χ2n) is 5.24. The molecule has 24 heavy (non-hydrogen) atoms. The molecule has 8 nitrogen and oxygen atoms in total. The number of rotatable bonds is 6. The van der Waals surface area contributed by atoms with E-state index in [0.717, 1.165) is 0 Å². The lowest BCUT2D eigenvalue weighted by Crippen LogP contribution is -2.37. The van der Waals surface area contributed by atoms with E-state index < -0.39 is 11.5 Å². The number of ether oxygens (including phenoxy) is 1. The van der Waals surface area contributed by atoms with Crippen LogP contribution in [0.5, 0.6) is 0 Å². The van der Waals surface area contributed by atoms with E-state index >= 15 is 0 Å². The van der Waals surface area contributed by atoms with E-state index in [-0.39, 0.29) is 18.3 Å². The number of anilines is 1. The van der Waals surface area contributed by atoms with Gasteiger partial charge in [-0.15, -0.1) is 23.7 Å². The van der Waals surface area contributed by atoms with Crippen molar-refractivity contribution >= 4 is 41.3 Å². The van der Waals surface area contributed by atoms with Crippen LogP contribution in [-0.2, 0) is 21.6 Å². The number of halogens is 1. The Hall–Kier alpha value is -1.97. The molecule has 0 fully saturated rings. The topological polar surface area (TPSA) is 112 Å². The van der Waals surface area contributed by atoms with E-state index in [1.165, 1.54) is 22.2 Å². The largest absolute Gasteiger partial charge is 0.464 e. The number of carbonyl (C=O) groups is 2. The standard InChI is InChI=1S/C14H19N5O3S.ClH/c1-4-22-13(21)14(2,3)19-7-9(6-16-19)17-12(20)10-8-23-11(5-15)18-10;/h6-8H,4-5,15H2,1-3H3,(H,17,20);1H. The highest BCUT2D eigenvalue weighted by Gasteiger charge is 2.32. The zero-order valence-electron chi connectivity index (χ0n) is 13.6. The van der Waals surface area contributed by atoms with E-state index in [1.807, 2.05) is 0 Å². The van der Waals surface area contributed by atoms with Gasteiger partial charge in [0.2, 0.25) is 0 Å². The van der Waals surface area contributed by atoms with E-state index in [9.17, 15) is 9.59 Å². The van der Waals surface area contributed by atoms with Crippen molar-refractivity contribution in [3.8, 4) is 0 Å². The Morgan fingerprint density at radius 1 is 1.46 bits per heavy atom. The van der Waals surface area contributed by atoms with Crippen LogP contribution in [-0.4, -0.2) is 33.2 Å². The molecule has 0 aliphatic carbocycles. The number of thiazole rings is 1. The molecule has 0 atom stereocenters. The van der Waals surface area contributed by atoms with Crippen molar-refractivity contribution in [2.45, 2.75) is 32.9 Å². The average Bonchev–Trinajstić information content (AvgIpc) is 3.16. The van der Waals surface area contributed by atoms with Gasteiger partial charge in [-0.05, 0) is 20.8 Å². The van der Waals surface area contributed by atoms with Crippen molar-refractivity contribution in [3.63, 3.8) is 0 Å². The smallest absolute Gasteiger partial charge is 0.333 e. The average molecular weight is 374 g/mol. The molecule has 2 aromatic heterocycles. The summed E-state index contributed by atoms with van der Waals surface area (Å²) in [6, 6.07) is 0. The monoisotopic (exact) mass is 373 g/mol. The lowest BCUT2D eigenvalue weighted by atomic mass is 10.1. The second kappa shape index (κ2) is 8.22. The second-order valence-corrected chi connectivity index (χ2v) is 6.18. The number of nitrogens with two attached hydrogens (primary N) is 1. The normalized spacial score (nSPS) is 10.8. The molecule has 0 saturated heterocycles. The summed E-state index contributed by atoms with van der Waals surface area (Å²) in [5.41, 5.74) is 5.28. The third-order valence-corrected chi connectivity index (χ3v) is 4.02. The minimum Gasteiger partial charge on any atom is -0.464 e. The molecule has 3 N–H and O–H groups in total. The molecule has 132 valence electrons. The molecule has 2 aromatic rings. The highest BCUT2D eigenvalue weighted by Crippen LogP contribution is 2.19. The summed E-state index contributed by atoms with van der Waals surface area (Å²) in [7, 11) is 0. The van der Waals surface area contributed by atoms with Gasteiger partial charge in [0.1, 0.15) is 10.7 Å². The van der Waals surface area contributed by atoms with Gasteiger partial charge < -0.3 is 15.8 Å². The highest BCUT2D eigenvalue weighted by molar-refractivity contribution is 7.09. The first-order valence-electron chi connectivity index (χ1n) is 7.06. The van der Waals surface area contributed by atoms with Crippen LogP contribution in [0, 0.1) is 0 Å². The summed E-state index contributed by atoms with van der Waals surface area (Å²) in [6.45, 7) is 5.71. The highest BCUT2D eigenvalue weighted by atomic mass is 35.5. The molecule has 2 rings (SSSR count). The summed E-state index contributed by atoms with van der Waals surface area (Å²) < 4.78 is 6.48. The van der Waals surface area contributed by atoms with Crippen LogP contribution in [0.1, 0.15) is 36.3 Å². The van der Waals surface area contributed by atoms with Gasteiger partial charge >= 0.3 is 5.97 Å². The first kappa shape index (κ1) is 20.1. The molecule has 10 heteroatoms. The number of nitrogens with zero attached hydrogens (tertiary/aromatic N) is 3. The minimum atomic E-state index is -0.966. The molecule has 0 aromatic carbocycles. The Morgan fingerprint density at radius 2 is 2.17 bits per heavy atom. The van der Waals surface area contributed by atoms with Crippen LogP contribution in [0.3, 0.4) is 0 Å². The SMILES string of the molecule is CCOC(=O)C(C)(C)n1cc(NC(=O)c2csc(CN)n2)cn1.Cl. The number of esters is 1. The fourth-order valence-corrected chi connectivity index (χ4v) is 2.45. The van der Waals surface area contributed by atoms with Crippen molar-refractivity contribution in [2.75, 3.05) is 11.9 Å². The molecule has 1 amide bonds. The predicted octanol–water partition coefficient (Wildman–Crippen LogP) is 1.77. The summed E-state index contributed by atoms with van der Waals surface area (Å²) in [4.78, 5) is 28.2. The summed E-state index contributed by atoms with van der Waals surface area (Å²) >= 11 is 1.33. The maximum Gasteiger partial charge on any atom is 0.333 e. The lowest BCUT2D eigenvalue weighted by molar-refractivity contribution is -0.152. The van der Waals surface area contributed by atoms with Gasteiger partial charge in [-0.1, -0.05) is 0 Å². The van der Waals surface area contributed by atoms with Crippen LogP contribution >= 0.6 is 23.7 Å². The molecule has 0 aliphatic heterocycles. The van der Waals surface area contributed by atoms with Gasteiger partial charge in [0, 0.05) is 18.1 Å². The predicted molar refractivity (Wildman–Crippen MR) is 93.4 cm³/mol. The number of aromatic nitrogens is 3. The molecule has 2 heterocycles. The van der Waals surface area contributed by atoms with E-state index in [0.29, 0.717) is 29.5 Å².